The van der Waals surface area contributed by atoms with Crippen molar-refractivity contribution >= 4 is 12.0 Å². The smallest absolute Gasteiger partial charge is 0.330 e. The number of benzene rings is 1. The Labute approximate surface area is 112 Å². The molecule has 98 valence electrons. The summed E-state index contributed by atoms with van der Waals surface area (Å²) in [6.07, 6.45) is 7.51. The number of hydrogen-bond acceptors (Lipinski definition) is 3. The zero-order chi connectivity index (χ0) is 13.5. The zero-order valence-electron chi connectivity index (χ0n) is 10.8. The maximum atomic E-state index is 11.3. The molecule has 0 amide bonds. The van der Waals surface area contributed by atoms with Crippen molar-refractivity contribution in [3.8, 4) is 5.69 Å². The van der Waals surface area contributed by atoms with Gasteiger partial charge in [-0.25, -0.2) is 9.48 Å². The highest BCUT2D eigenvalue weighted by Gasteiger charge is 1.99. The molecule has 0 bridgehead atoms. The molecule has 2 aromatic rings. The van der Waals surface area contributed by atoms with Gasteiger partial charge in [0.15, 0.2) is 0 Å². The molecule has 0 atom stereocenters. The van der Waals surface area contributed by atoms with Gasteiger partial charge < -0.3 is 4.74 Å². The molecule has 0 unspecified atom stereocenters. The summed E-state index contributed by atoms with van der Waals surface area (Å²) in [4.78, 5) is 11.3. The van der Waals surface area contributed by atoms with Crippen LogP contribution in [-0.2, 0) is 9.53 Å². The first kappa shape index (κ1) is 13.1. The highest BCUT2D eigenvalue weighted by atomic mass is 16.5. The number of rotatable bonds is 5. The van der Waals surface area contributed by atoms with Crippen molar-refractivity contribution in [1.82, 2.24) is 9.78 Å². The molecular weight excluding hydrogens is 240 g/mol. The average Bonchev–Trinajstić information content (AvgIpc) is 2.93. The van der Waals surface area contributed by atoms with Crippen molar-refractivity contribution in [2.24, 2.45) is 0 Å². The molecule has 1 heterocycles. The summed E-state index contributed by atoms with van der Waals surface area (Å²) in [5.74, 6) is -0.325. The Hall–Kier alpha value is -2.36. The highest BCUT2D eigenvalue weighted by Crippen LogP contribution is 2.08. The molecule has 2 rings (SSSR count). The summed E-state index contributed by atoms with van der Waals surface area (Å²) >= 11 is 0. The van der Waals surface area contributed by atoms with Crippen molar-refractivity contribution in [2.45, 2.75) is 13.3 Å². The molecule has 0 aliphatic carbocycles. The predicted octanol–water partition coefficient (Wildman–Crippen LogP) is 2.84. The Kier molecular flexibility index (Phi) is 4.50. The van der Waals surface area contributed by atoms with E-state index in [0.717, 1.165) is 17.7 Å². The van der Waals surface area contributed by atoms with Crippen LogP contribution in [0.4, 0.5) is 0 Å². The van der Waals surface area contributed by atoms with Gasteiger partial charge in [-0.05, 0) is 24.6 Å². The topological polar surface area (TPSA) is 44.1 Å². The second kappa shape index (κ2) is 6.54. The van der Waals surface area contributed by atoms with Crippen molar-refractivity contribution in [3.05, 3.63) is 54.4 Å². The average molecular weight is 256 g/mol. The Morgan fingerprint density at radius 2 is 2.16 bits per heavy atom. The van der Waals surface area contributed by atoms with E-state index in [1.54, 1.807) is 17.0 Å². The van der Waals surface area contributed by atoms with Crippen molar-refractivity contribution in [2.75, 3.05) is 6.61 Å². The molecule has 0 saturated carbocycles. The maximum Gasteiger partial charge on any atom is 0.330 e. The fraction of sp³-hybridized carbons (Fsp3) is 0.200. The van der Waals surface area contributed by atoms with E-state index in [-0.39, 0.29) is 5.97 Å². The summed E-state index contributed by atoms with van der Waals surface area (Å²) in [6.45, 7) is 2.41. The SMILES string of the molecule is CCCOC(=O)/C=C/c1cnn(-c2ccccc2)c1. The number of para-hydroxylation sites is 1. The molecule has 1 aromatic carbocycles. The molecule has 0 aliphatic rings. The van der Waals surface area contributed by atoms with Crippen LogP contribution in [0, 0.1) is 0 Å². The molecule has 0 saturated heterocycles. The quantitative estimate of drug-likeness (QED) is 0.610. The predicted molar refractivity (Wildman–Crippen MR) is 73.8 cm³/mol. The lowest BCUT2D eigenvalue weighted by molar-refractivity contribution is -0.137. The molecule has 0 fully saturated rings. The van der Waals surface area contributed by atoms with Gasteiger partial charge in [0.05, 0.1) is 18.5 Å². The van der Waals surface area contributed by atoms with Gasteiger partial charge in [0.1, 0.15) is 0 Å². The second-order valence-electron chi connectivity index (χ2n) is 4.05. The maximum absolute atomic E-state index is 11.3. The van der Waals surface area contributed by atoms with Crippen molar-refractivity contribution in [3.63, 3.8) is 0 Å². The molecular formula is C15H16N2O2. The Morgan fingerprint density at radius 3 is 2.89 bits per heavy atom. The second-order valence-corrected chi connectivity index (χ2v) is 4.05. The van der Waals surface area contributed by atoms with Gasteiger partial charge in [0, 0.05) is 17.8 Å². The standard InChI is InChI=1S/C15H16N2O2/c1-2-10-19-15(18)9-8-13-11-16-17(12-13)14-6-4-3-5-7-14/h3-9,11-12H,2,10H2,1H3/b9-8+. The van der Waals surface area contributed by atoms with Crippen LogP contribution in [0.1, 0.15) is 18.9 Å². The Balaban J connectivity index is 2.02. The van der Waals surface area contributed by atoms with E-state index in [1.807, 2.05) is 43.5 Å². The van der Waals surface area contributed by atoms with Crippen LogP contribution < -0.4 is 0 Å². The van der Waals surface area contributed by atoms with Gasteiger partial charge in [0.2, 0.25) is 0 Å². The Morgan fingerprint density at radius 1 is 1.37 bits per heavy atom. The van der Waals surface area contributed by atoms with Gasteiger partial charge in [-0.3, -0.25) is 0 Å². The minimum atomic E-state index is -0.325. The first-order valence-corrected chi connectivity index (χ1v) is 6.24. The first-order valence-electron chi connectivity index (χ1n) is 6.24. The van der Waals surface area contributed by atoms with Gasteiger partial charge >= 0.3 is 5.97 Å². The number of hydrogen-bond donors (Lipinski definition) is 0. The Bertz CT molecular complexity index is 559. The van der Waals surface area contributed by atoms with Gasteiger partial charge in [0.25, 0.3) is 0 Å². The number of nitrogens with zero attached hydrogens (tertiary/aromatic N) is 2. The van der Waals surface area contributed by atoms with Crippen LogP contribution in [0.2, 0.25) is 0 Å². The summed E-state index contributed by atoms with van der Waals surface area (Å²) < 4.78 is 6.71. The molecule has 0 N–H and O–H groups in total. The summed E-state index contributed by atoms with van der Waals surface area (Å²) in [7, 11) is 0. The van der Waals surface area contributed by atoms with Crippen LogP contribution >= 0.6 is 0 Å². The van der Waals surface area contributed by atoms with E-state index in [1.165, 1.54) is 6.08 Å². The minimum Gasteiger partial charge on any atom is -0.463 e. The minimum absolute atomic E-state index is 0.325. The lowest BCUT2D eigenvalue weighted by Gasteiger charge is -1.98. The summed E-state index contributed by atoms with van der Waals surface area (Å²) in [5.41, 5.74) is 1.84. The van der Waals surface area contributed by atoms with Crippen LogP contribution in [0.25, 0.3) is 11.8 Å². The fourth-order valence-corrected chi connectivity index (χ4v) is 1.56. The van der Waals surface area contributed by atoms with E-state index < -0.39 is 0 Å². The molecule has 4 heteroatoms. The largest absolute Gasteiger partial charge is 0.463 e. The number of aromatic nitrogens is 2. The number of esters is 1. The van der Waals surface area contributed by atoms with Gasteiger partial charge in [-0.2, -0.15) is 5.10 Å². The third kappa shape index (κ3) is 3.81. The first-order chi connectivity index (χ1) is 9.29. The molecule has 0 spiro atoms. The monoisotopic (exact) mass is 256 g/mol. The molecule has 0 aliphatic heterocycles. The molecule has 4 nitrogen and oxygen atoms in total. The summed E-state index contributed by atoms with van der Waals surface area (Å²) in [5, 5.41) is 4.24. The van der Waals surface area contributed by atoms with Crippen LogP contribution in [0.5, 0.6) is 0 Å². The highest BCUT2D eigenvalue weighted by molar-refractivity contribution is 5.86. The fourth-order valence-electron chi connectivity index (χ4n) is 1.56. The molecule has 1 aromatic heterocycles. The zero-order valence-corrected chi connectivity index (χ0v) is 10.8. The van der Waals surface area contributed by atoms with Crippen molar-refractivity contribution in [1.29, 1.82) is 0 Å². The van der Waals surface area contributed by atoms with E-state index in [0.29, 0.717) is 6.61 Å². The number of ether oxygens (including phenoxy) is 1. The number of carbonyl (C=O) groups is 1. The van der Waals surface area contributed by atoms with Crippen LogP contribution in [0.15, 0.2) is 48.8 Å². The normalized spacial score (nSPS) is 10.8. The number of carbonyl (C=O) groups excluding carboxylic acids is 1. The lowest BCUT2D eigenvalue weighted by Crippen LogP contribution is -2.00. The summed E-state index contributed by atoms with van der Waals surface area (Å²) in [6, 6.07) is 9.80. The van der Waals surface area contributed by atoms with E-state index >= 15 is 0 Å². The van der Waals surface area contributed by atoms with Crippen LogP contribution in [-0.4, -0.2) is 22.4 Å². The molecule has 19 heavy (non-hydrogen) atoms. The van der Waals surface area contributed by atoms with Crippen molar-refractivity contribution < 1.29 is 9.53 Å². The third-order valence-corrected chi connectivity index (χ3v) is 2.48. The van der Waals surface area contributed by atoms with E-state index in [9.17, 15) is 4.79 Å². The third-order valence-electron chi connectivity index (χ3n) is 2.48. The van der Waals surface area contributed by atoms with E-state index in [2.05, 4.69) is 5.10 Å². The lowest BCUT2D eigenvalue weighted by atomic mass is 10.3. The molecule has 0 radical (unpaired) electrons. The van der Waals surface area contributed by atoms with Crippen LogP contribution in [0.3, 0.4) is 0 Å². The van der Waals surface area contributed by atoms with Gasteiger partial charge in [-0.15, -0.1) is 0 Å². The van der Waals surface area contributed by atoms with E-state index in [4.69, 9.17) is 4.74 Å². The van der Waals surface area contributed by atoms with Gasteiger partial charge in [-0.1, -0.05) is 25.1 Å².